The van der Waals surface area contributed by atoms with Crippen LogP contribution in [0, 0.1) is 0 Å². The molecule has 0 fully saturated rings. The van der Waals surface area contributed by atoms with Gasteiger partial charge in [-0.05, 0) is 35.7 Å². The van der Waals surface area contributed by atoms with E-state index < -0.39 is 11.7 Å². The summed E-state index contributed by atoms with van der Waals surface area (Å²) in [5.41, 5.74) is -0.753. The summed E-state index contributed by atoms with van der Waals surface area (Å²) in [6, 6.07) is 7.73. The SMILES string of the molecule is CN(CC(=O)NCCOc1ccc(C(F)(F)F)cc1)C(=O)c1cccs1. The molecule has 140 valence electrons. The zero-order valence-corrected chi connectivity index (χ0v) is 14.7. The molecule has 0 aliphatic heterocycles. The summed E-state index contributed by atoms with van der Waals surface area (Å²) in [4.78, 5) is 25.7. The zero-order valence-electron chi connectivity index (χ0n) is 13.9. The lowest BCUT2D eigenvalue weighted by atomic mass is 10.2. The number of rotatable bonds is 7. The summed E-state index contributed by atoms with van der Waals surface area (Å²) < 4.78 is 42.6. The highest BCUT2D eigenvalue weighted by Crippen LogP contribution is 2.30. The molecule has 2 rings (SSSR count). The molecule has 2 amide bonds. The first-order valence-electron chi connectivity index (χ1n) is 7.63. The van der Waals surface area contributed by atoms with Gasteiger partial charge in [0, 0.05) is 7.05 Å². The highest BCUT2D eigenvalue weighted by molar-refractivity contribution is 7.12. The van der Waals surface area contributed by atoms with Crippen LogP contribution in [-0.4, -0.2) is 43.5 Å². The Morgan fingerprint density at radius 1 is 1.19 bits per heavy atom. The molecule has 0 atom stereocenters. The lowest BCUT2D eigenvalue weighted by molar-refractivity contribution is -0.137. The molecule has 26 heavy (non-hydrogen) atoms. The van der Waals surface area contributed by atoms with Gasteiger partial charge in [-0.3, -0.25) is 9.59 Å². The zero-order chi connectivity index (χ0) is 19.2. The van der Waals surface area contributed by atoms with E-state index in [2.05, 4.69) is 5.32 Å². The number of hydrogen-bond acceptors (Lipinski definition) is 4. The second-order valence-corrected chi connectivity index (χ2v) is 6.31. The molecule has 9 heteroatoms. The number of halogens is 3. The van der Waals surface area contributed by atoms with Crippen molar-refractivity contribution in [2.24, 2.45) is 0 Å². The van der Waals surface area contributed by atoms with Gasteiger partial charge >= 0.3 is 6.18 Å². The molecule has 0 aliphatic carbocycles. The van der Waals surface area contributed by atoms with Gasteiger partial charge in [0.1, 0.15) is 12.4 Å². The van der Waals surface area contributed by atoms with Gasteiger partial charge in [0.05, 0.1) is 23.5 Å². The van der Waals surface area contributed by atoms with Crippen molar-refractivity contribution >= 4 is 23.2 Å². The van der Waals surface area contributed by atoms with Crippen molar-refractivity contribution in [1.82, 2.24) is 10.2 Å². The summed E-state index contributed by atoms with van der Waals surface area (Å²) >= 11 is 1.29. The summed E-state index contributed by atoms with van der Waals surface area (Å²) in [6.45, 7) is 0.164. The van der Waals surface area contributed by atoms with Crippen molar-refractivity contribution in [2.45, 2.75) is 6.18 Å². The fourth-order valence-electron chi connectivity index (χ4n) is 2.03. The number of likely N-dealkylation sites (N-methyl/N-ethyl adjacent to an activating group) is 1. The molecular weight excluding hydrogens is 369 g/mol. The first-order chi connectivity index (χ1) is 12.3. The smallest absolute Gasteiger partial charge is 0.416 e. The number of nitrogens with one attached hydrogen (secondary N) is 1. The Labute approximate surface area is 152 Å². The summed E-state index contributed by atoms with van der Waals surface area (Å²) in [5.74, 6) is -0.318. The van der Waals surface area contributed by atoms with E-state index in [1.165, 1.54) is 35.4 Å². The largest absolute Gasteiger partial charge is 0.492 e. The number of carbonyl (C=O) groups excluding carboxylic acids is 2. The number of ether oxygens (including phenoxy) is 1. The summed E-state index contributed by atoms with van der Waals surface area (Å²) in [6.07, 6.45) is -4.39. The van der Waals surface area contributed by atoms with Crippen LogP contribution in [-0.2, 0) is 11.0 Å². The fourth-order valence-corrected chi connectivity index (χ4v) is 2.75. The molecule has 1 aromatic heterocycles. The van der Waals surface area contributed by atoms with Crippen LogP contribution in [0.25, 0.3) is 0 Å². The summed E-state index contributed by atoms with van der Waals surface area (Å²) in [5, 5.41) is 4.36. The van der Waals surface area contributed by atoms with Gasteiger partial charge in [-0.15, -0.1) is 11.3 Å². The molecule has 0 saturated heterocycles. The van der Waals surface area contributed by atoms with Crippen LogP contribution in [0.3, 0.4) is 0 Å². The standard InChI is InChI=1S/C17H17F3N2O3S/c1-22(16(24)14-3-2-10-26-14)11-15(23)21-8-9-25-13-6-4-12(5-7-13)17(18,19)20/h2-7,10H,8-9,11H2,1H3,(H,21,23). The number of alkyl halides is 3. The number of amides is 2. The highest BCUT2D eigenvalue weighted by atomic mass is 32.1. The predicted molar refractivity (Wildman–Crippen MR) is 91.2 cm³/mol. The van der Waals surface area contributed by atoms with E-state index in [0.29, 0.717) is 4.88 Å². The number of thiophene rings is 1. The van der Waals surface area contributed by atoms with Crippen molar-refractivity contribution in [3.63, 3.8) is 0 Å². The third kappa shape index (κ3) is 5.76. The minimum Gasteiger partial charge on any atom is -0.492 e. The Morgan fingerprint density at radius 2 is 1.88 bits per heavy atom. The second kappa shape index (κ2) is 8.70. The lowest BCUT2D eigenvalue weighted by Crippen LogP contribution is -2.39. The van der Waals surface area contributed by atoms with Gasteiger partial charge in [0.15, 0.2) is 0 Å². The van der Waals surface area contributed by atoms with Crippen molar-refractivity contribution in [1.29, 1.82) is 0 Å². The van der Waals surface area contributed by atoms with E-state index in [-0.39, 0.29) is 37.3 Å². The fraction of sp³-hybridized carbons (Fsp3) is 0.294. The minimum absolute atomic E-state index is 0.0969. The molecule has 1 N–H and O–H groups in total. The van der Waals surface area contributed by atoms with Gasteiger partial charge in [0.25, 0.3) is 5.91 Å². The molecule has 5 nitrogen and oxygen atoms in total. The highest BCUT2D eigenvalue weighted by Gasteiger charge is 2.30. The topological polar surface area (TPSA) is 58.6 Å². The molecule has 0 bridgehead atoms. The molecule has 1 heterocycles. The minimum atomic E-state index is -4.39. The van der Waals surface area contributed by atoms with E-state index in [1.54, 1.807) is 17.5 Å². The average Bonchev–Trinajstić information content (AvgIpc) is 3.12. The lowest BCUT2D eigenvalue weighted by Gasteiger charge is -2.16. The molecule has 1 aromatic carbocycles. The van der Waals surface area contributed by atoms with Crippen molar-refractivity contribution < 1.29 is 27.5 Å². The van der Waals surface area contributed by atoms with Crippen LogP contribution < -0.4 is 10.1 Å². The molecule has 0 radical (unpaired) electrons. The third-order valence-corrected chi connectivity index (χ3v) is 4.19. The van der Waals surface area contributed by atoms with Gasteiger partial charge in [-0.2, -0.15) is 13.2 Å². The van der Waals surface area contributed by atoms with Crippen LogP contribution in [0.4, 0.5) is 13.2 Å². The maximum absolute atomic E-state index is 12.5. The Morgan fingerprint density at radius 3 is 2.46 bits per heavy atom. The van der Waals surface area contributed by atoms with Gasteiger partial charge < -0.3 is 15.0 Å². The Balaban J connectivity index is 1.69. The Kier molecular flexibility index (Phi) is 6.62. The Bertz CT molecular complexity index is 731. The van der Waals surface area contributed by atoms with Crippen LogP contribution >= 0.6 is 11.3 Å². The van der Waals surface area contributed by atoms with E-state index in [4.69, 9.17) is 4.74 Å². The molecule has 0 saturated carbocycles. The van der Waals surface area contributed by atoms with Crippen LogP contribution in [0.15, 0.2) is 41.8 Å². The Hall–Kier alpha value is -2.55. The molecule has 0 aliphatic rings. The molecule has 0 spiro atoms. The number of hydrogen-bond donors (Lipinski definition) is 1. The van der Waals surface area contributed by atoms with E-state index >= 15 is 0 Å². The van der Waals surface area contributed by atoms with Crippen molar-refractivity contribution in [3.8, 4) is 5.75 Å². The average molecular weight is 386 g/mol. The van der Waals surface area contributed by atoms with Gasteiger partial charge in [-0.25, -0.2) is 0 Å². The number of benzene rings is 1. The molecule has 2 aromatic rings. The van der Waals surface area contributed by atoms with Crippen LogP contribution in [0.1, 0.15) is 15.2 Å². The maximum atomic E-state index is 12.5. The quantitative estimate of drug-likeness (QED) is 0.745. The van der Waals surface area contributed by atoms with Gasteiger partial charge in [-0.1, -0.05) is 6.07 Å². The third-order valence-electron chi connectivity index (χ3n) is 3.33. The van der Waals surface area contributed by atoms with Crippen LogP contribution in [0.5, 0.6) is 5.75 Å². The normalized spacial score (nSPS) is 11.1. The molecular formula is C17H17F3N2O3S. The summed E-state index contributed by atoms with van der Waals surface area (Å²) in [7, 11) is 1.53. The van der Waals surface area contributed by atoms with E-state index in [9.17, 15) is 22.8 Å². The first-order valence-corrected chi connectivity index (χ1v) is 8.51. The van der Waals surface area contributed by atoms with Crippen molar-refractivity contribution in [2.75, 3.05) is 26.7 Å². The van der Waals surface area contributed by atoms with Gasteiger partial charge in [0.2, 0.25) is 5.91 Å². The number of carbonyl (C=O) groups is 2. The molecule has 0 unspecified atom stereocenters. The predicted octanol–water partition coefficient (Wildman–Crippen LogP) is 3.03. The van der Waals surface area contributed by atoms with Crippen LogP contribution in [0.2, 0.25) is 0 Å². The monoisotopic (exact) mass is 386 g/mol. The van der Waals surface area contributed by atoms with E-state index in [1.807, 2.05) is 0 Å². The number of nitrogens with zero attached hydrogens (tertiary/aromatic N) is 1. The maximum Gasteiger partial charge on any atom is 0.416 e. The van der Waals surface area contributed by atoms with E-state index in [0.717, 1.165) is 12.1 Å². The second-order valence-electron chi connectivity index (χ2n) is 5.36. The first kappa shape index (κ1) is 19.8. The van der Waals surface area contributed by atoms with Crippen molar-refractivity contribution in [3.05, 3.63) is 52.2 Å².